The molecule has 2 atom stereocenters. The van der Waals surface area contributed by atoms with E-state index in [1.54, 1.807) is 0 Å². The molecule has 4 nitrogen and oxygen atoms in total. The van der Waals surface area contributed by atoms with Crippen molar-refractivity contribution in [1.29, 1.82) is 0 Å². The summed E-state index contributed by atoms with van der Waals surface area (Å²) in [5, 5.41) is 3.62. The first-order chi connectivity index (χ1) is 14.3. The monoisotopic (exact) mass is 386 g/mol. The fraction of sp³-hybridized carbons (Fsp3) is 0.240. The third kappa shape index (κ3) is 4.49. The molecule has 3 aromatic rings. The van der Waals surface area contributed by atoms with E-state index in [0.29, 0.717) is 19.8 Å². The fourth-order valence-electron chi connectivity index (χ4n) is 3.72. The lowest BCUT2D eigenvalue weighted by Gasteiger charge is -2.32. The van der Waals surface area contributed by atoms with Crippen LogP contribution in [0.3, 0.4) is 0 Å². The van der Waals surface area contributed by atoms with E-state index in [0.717, 1.165) is 11.6 Å². The van der Waals surface area contributed by atoms with Crippen LogP contribution in [-0.4, -0.2) is 25.7 Å². The second-order valence-electron chi connectivity index (χ2n) is 7.30. The fourth-order valence-corrected chi connectivity index (χ4v) is 3.72. The number of para-hydroxylation sites is 1. The van der Waals surface area contributed by atoms with Gasteiger partial charge in [-0.3, -0.25) is 4.99 Å². The zero-order valence-electron chi connectivity index (χ0n) is 16.6. The zero-order valence-corrected chi connectivity index (χ0v) is 16.6. The molecule has 0 amide bonds. The Kier molecular flexibility index (Phi) is 5.92. The highest BCUT2D eigenvalue weighted by Crippen LogP contribution is 2.41. The van der Waals surface area contributed by atoms with Gasteiger partial charge in [-0.1, -0.05) is 78.9 Å². The molecule has 1 N–H and O–H groups in total. The molecular weight excluding hydrogens is 360 g/mol. The van der Waals surface area contributed by atoms with E-state index in [-0.39, 0.29) is 11.6 Å². The van der Waals surface area contributed by atoms with Crippen molar-refractivity contribution in [3.8, 4) is 5.75 Å². The van der Waals surface area contributed by atoms with Gasteiger partial charge < -0.3 is 14.8 Å². The average Bonchev–Trinajstić information content (AvgIpc) is 3.13. The Hall–Kier alpha value is -3.11. The summed E-state index contributed by atoms with van der Waals surface area (Å²) in [6.07, 6.45) is 0. The van der Waals surface area contributed by atoms with Gasteiger partial charge in [0.25, 0.3) is 0 Å². The molecule has 0 aromatic heterocycles. The van der Waals surface area contributed by atoms with Crippen LogP contribution in [0.5, 0.6) is 5.75 Å². The Labute approximate surface area is 172 Å². The van der Waals surface area contributed by atoms with Crippen LogP contribution >= 0.6 is 0 Å². The average molecular weight is 386 g/mol. The number of aliphatic imine (C=N–C) groups is 1. The number of ether oxygens (including phenoxy) is 2. The summed E-state index contributed by atoms with van der Waals surface area (Å²) in [6.45, 7) is 3.65. The van der Waals surface area contributed by atoms with Crippen molar-refractivity contribution >= 4 is 5.84 Å². The standard InChI is InChI=1S/C25H26N2O2/c1-25(21-13-7-3-8-14-21)24(20-11-5-2-6-12-20)26-23(27-25)19-28-17-18-29-22-15-9-4-10-16-22/h2-16,24H,17-19H2,1H3,(H,26,27). The minimum absolute atomic E-state index is 0.00901. The predicted octanol–water partition coefficient (Wildman–Crippen LogP) is 4.74. The maximum atomic E-state index is 5.83. The lowest BCUT2D eigenvalue weighted by Crippen LogP contribution is -2.42. The summed E-state index contributed by atoms with van der Waals surface area (Å²) in [5.41, 5.74) is 2.08. The van der Waals surface area contributed by atoms with Crippen molar-refractivity contribution in [2.45, 2.75) is 18.5 Å². The second-order valence-corrected chi connectivity index (χ2v) is 7.30. The van der Waals surface area contributed by atoms with E-state index in [2.05, 4.69) is 60.8 Å². The van der Waals surface area contributed by atoms with Crippen LogP contribution < -0.4 is 10.1 Å². The molecule has 0 radical (unpaired) electrons. The molecule has 1 aliphatic heterocycles. The Morgan fingerprint density at radius 3 is 2.14 bits per heavy atom. The van der Waals surface area contributed by atoms with E-state index in [4.69, 9.17) is 14.5 Å². The number of hydrogen-bond donors (Lipinski definition) is 1. The smallest absolute Gasteiger partial charge is 0.124 e. The van der Waals surface area contributed by atoms with Crippen LogP contribution in [0.2, 0.25) is 0 Å². The highest BCUT2D eigenvalue weighted by Gasteiger charge is 2.42. The summed E-state index contributed by atoms with van der Waals surface area (Å²) < 4.78 is 11.5. The van der Waals surface area contributed by atoms with Crippen LogP contribution in [0.25, 0.3) is 0 Å². The topological polar surface area (TPSA) is 42.8 Å². The van der Waals surface area contributed by atoms with Gasteiger partial charge in [-0.2, -0.15) is 0 Å². The van der Waals surface area contributed by atoms with E-state index in [1.807, 2.05) is 42.5 Å². The molecule has 0 saturated heterocycles. The molecule has 4 rings (SSSR count). The molecule has 148 valence electrons. The number of hydrogen-bond acceptors (Lipinski definition) is 4. The highest BCUT2D eigenvalue weighted by molar-refractivity contribution is 5.87. The summed E-state index contributed by atoms with van der Waals surface area (Å²) in [4.78, 5) is 4.98. The molecular formula is C25H26N2O2. The molecule has 0 fully saturated rings. The SMILES string of the molecule is CC1(c2ccccc2)NC(COCCOc2ccccc2)=NC1c1ccccc1. The molecule has 0 aliphatic carbocycles. The van der Waals surface area contributed by atoms with Crippen LogP contribution in [0.4, 0.5) is 0 Å². The lowest BCUT2D eigenvalue weighted by molar-refractivity contribution is 0.126. The minimum atomic E-state index is -0.318. The van der Waals surface area contributed by atoms with E-state index < -0.39 is 0 Å². The zero-order chi connectivity index (χ0) is 19.9. The van der Waals surface area contributed by atoms with Gasteiger partial charge in [-0.25, -0.2) is 0 Å². The summed E-state index contributed by atoms with van der Waals surface area (Å²) >= 11 is 0. The third-order valence-electron chi connectivity index (χ3n) is 5.20. The Morgan fingerprint density at radius 1 is 0.828 bits per heavy atom. The van der Waals surface area contributed by atoms with E-state index in [9.17, 15) is 0 Å². The van der Waals surface area contributed by atoms with Gasteiger partial charge >= 0.3 is 0 Å². The van der Waals surface area contributed by atoms with Gasteiger partial charge in [0.1, 0.15) is 30.8 Å². The molecule has 1 heterocycles. The van der Waals surface area contributed by atoms with Crippen LogP contribution in [0, 0.1) is 0 Å². The first-order valence-electron chi connectivity index (χ1n) is 9.96. The quantitative estimate of drug-likeness (QED) is 0.569. The number of rotatable bonds is 8. The molecule has 1 aliphatic rings. The van der Waals surface area contributed by atoms with Gasteiger partial charge in [0.2, 0.25) is 0 Å². The molecule has 2 unspecified atom stereocenters. The van der Waals surface area contributed by atoms with Gasteiger partial charge in [-0.05, 0) is 30.2 Å². The number of nitrogens with one attached hydrogen (secondary N) is 1. The highest BCUT2D eigenvalue weighted by atomic mass is 16.5. The maximum absolute atomic E-state index is 5.83. The largest absolute Gasteiger partial charge is 0.491 e. The second kappa shape index (κ2) is 8.93. The van der Waals surface area contributed by atoms with Crippen LogP contribution in [0.1, 0.15) is 24.1 Å². The number of nitrogens with zero attached hydrogens (tertiary/aromatic N) is 1. The molecule has 29 heavy (non-hydrogen) atoms. The molecule has 0 bridgehead atoms. The molecule has 4 heteroatoms. The Bertz CT molecular complexity index is 929. The summed E-state index contributed by atoms with van der Waals surface area (Å²) in [7, 11) is 0. The van der Waals surface area contributed by atoms with E-state index >= 15 is 0 Å². The summed E-state index contributed by atoms with van der Waals surface area (Å²) in [5.74, 6) is 1.72. The molecule has 0 spiro atoms. The van der Waals surface area contributed by atoms with Crippen molar-refractivity contribution in [3.63, 3.8) is 0 Å². The van der Waals surface area contributed by atoms with Gasteiger partial charge in [0, 0.05) is 0 Å². The third-order valence-corrected chi connectivity index (χ3v) is 5.20. The van der Waals surface area contributed by atoms with Gasteiger partial charge in [-0.15, -0.1) is 0 Å². The lowest BCUT2D eigenvalue weighted by atomic mass is 9.82. The predicted molar refractivity (Wildman–Crippen MR) is 116 cm³/mol. The van der Waals surface area contributed by atoms with Gasteiger partial charge in [0.15, 0.2) is 0 Å². The van der Waals surface area contributed by atoms with Crippen molar-refractivity contribution in [3.05, 3.63) is 102 Å². The van der Waals surface area contributed by atoms with Crippen LogP contribution in [-0.2, 0) is 10.3 Å². The molecule has 3 aromatic carbocycles. The Morgan fingerprint density at radius 2 is 1.45 bits per heavy atom. The van der Waals surface area contributed by atoms with Crippen molar-refractivity contribution in [2.24, 2.45) is 4.99 Å². The van der Waals surface area contributed by atoms with Crippen LogP contribution in [0.15, 0.2) is 96.0 Å². The number of benzene rings is 3. The van der Waals surface area contributed by atoms with Crippen molar-refractivity contribution < 1.29 is 9.47 Å². The number of amidine groups is 1. The normalized spacial score (nSPS) is 20.7. The first-order valence-corrected chi connectivity index (χ1v) is 9.96. The van der Waals surface area contributed by atoms with Crippen molar-refractivity contribution in [2.75, 3.05) is 19.8 Å². The Balaban J connectivity index is 1.41. The maximum Gasteiger partial charge on any atom is 0.124 e. The van der Waals surface area contributed by atoms with Gasteiger partial charge in [0.05, 0.1) is 12.1 Å². The first kappa shape index (κ1) is 19.2. The van der Waals surface area contributed by atoms with Crippen molar-refractivity contribution in [1.82, 2.24) is 5.32 Å². The molecule has 0 saturated carbocycles. The summed E-state index contributed by atoms with van der Waals surface area (Å²) in [6, 6.07) is 30.7. The minimum Gasteiger partial charge on any atom is -0.491 e. The van der Waals surface area contributed by atoms with E-state index in [1.165, 1.54) is 11.1 Å².